The van der Waals surface area contributed by atoms with Crippen LogP contribution in [0, 0.1) is 0 Å². The van der Waals surface area contributed by atoms with Gasteiger partial charge in [0.1, 0.15) is 6.10 Å². The zero-order valence-electron chi connectivity index (χ0n) is 16.6. The van der Waals surface area contributed by atoms with E-state index in [1.165, 1.54) is 0 Å². The minimum absolute atomic E-state index is 0.247. The van der Waals surface area contributed by atoms with Crippen LogP contribution >= 0.6 is 0 Å². The van der Waals surface area contributed by atoms with E-state index in [4.69, 9.17) is 4.74 Å². The molecule has 2 atom stereocenters. The van der Waals surface area contributed by atoms with Gasteiger partial charge in [-0.05, 0) is 39.3 Å². The number of ether oxygens (including phenoxy) is 1. The molecule has 0 saturated heterocycles. The van der Waals surface area contributed by atoms with Crippen LogP contribution in [-0.4, -0.2) is 68.6 Å². The number of hydrogen-bond acceptors (Lipinski definition) is 5. The number of Topliss-reactive ketones (excluding diaryl/α,β-unsaturated/α-hetero) is 1. The summed E-state index contributed by atoms with van der Waals surface area (Å²) in [5.41, 5.74) is 1.91. The molecule has 1 N–H and O–H groups in total. The molecule has 0 spiro atoms. The Bertz CT molecular complexity index is 717. The van der Waals surface area contributed by atoms with Crippen LogP contribution in [0.4, 0.5) is 0 Å². The van der Waals surface area contributed by atoms with Crippen molar-refractivity contribution in [2.45, 2.75) is 12.2 Å². The third-order valence-corrected chi connectivity index (χ3v) is 4.33. The molecule has 2 aromatic carbocycles. The Morgan fingerprint density at radius 2 is 1.59 bits per heavy atom. The molecular weight excluding hydrogens is 340 g/mol. The minimum atomic E-state index is -1.19. The van der Waals surface area contributed by atoms with E-state index in [0.29, 0.717) is 24.3 Å². The number of aliphatic hydroxyl groups is 1. The van der Waals surface area contributed by atoms with Crippen molar-refractivity contribution in [3.8, 4) is 0 Å². The zero-order chi connectivity index (χ0) is 19.8. The molecule has 0 fully saturated rings. The van der Waals surface area contributed by atoms with Crippen LogP contribution in [0.2, 0.25) is 0 Å². The summed E-state index contributed by atoms with van der Waals surface area (Å²) >= 11 is 0. The van der Waals surface area contributed by atoms with Gasteiger partial charge in [-0.3, -0.25) is 4.79 Å². The molecule has 0 aliphatic carbocycles. The first-order chi connectivity index (χ1) is 12.9. The van der Waals surface area contributed by atoms with Gasteiger partial charge in [-0.2, -0.15) is 0 Å². The normalized spacial score (nSPS) is 13.7. The predicted octanol–water partition coefficient (Wildman–Crippen LogP) is 2.78. The van der Waals surface area contributed by atoms with Gasteiger partial charge in [0, 0.05) is 18.7 Å². The van der Waals surface area contributed by atoms with E-state index in [2.05, 4.69) is 4.90 Å². The average Bonchev–Trinajstić information content (AvgIpc) is 2.66. The number of hydrogen-bond donors (Lipinski definition) is 1. The van der Waals surface area contributed by atoms with Crippen molar-refractivity contribution in [3.63, 3.8) is 0 Å². The summed E-state index contributed by atoms with van der Waals surface area (Å²) in [7, 11) is 7.95. The quantitative estimate of drug-likeness (QED) is 0.652. The van der Waals surface area contributed by atoms with E-state index in [0.717, 1.165) is 12.1 Å². The maximum Gasteiger partial charge on any atom is 0.196 e. The summed E-state index contributed by atoms with van der Waals surface area (Å²) in [6, 6.07) is 16.4. The highest BCUT2D eigenvalue weighted by atomic mass is 16.5. The fourth-order valence-electron chi connectivity index (χ4n) is 2.89. The Labute approximate surface area is 162 Å². The Hall–Kier alpha value is -2.05. The highest BCUT2D eigenvalue weighted by Crippen LogP contribution is 2.27. The Kier molecular flexibility index (Phi) is 8.13. The first-order valence-electron chi connectivity index (χ1n) is 9.17. The first kappa shape index (κ1) is 21.3. The zero-order valence-corrected chi connectivity index (χ0v) is 16.6. The predicted molar refractivity (Wildman–Crippen MR) is 108 cm³/mol. The van der Waals surface area contributed by atoms with E-state index >= 15 is 0 Å². The molecule has 0 heterocycles. The fraction of sp³-hybridized carbons (Fsp3) is 0.409. The monoisotopic (exact) mass is 370 g/mol. The van der Waals surface area contributed by atoms with Crippen LogP contribution < -0.4 is 0 Å². The Morgan fingerprint density at radius 3 is 2.22 bits per heavy atom. The number of likely N-dealkylation sites (N-methyl/N-ethyl adjacent to an activating group) is 2. The standard InChI is InChI=1S/C22H30N2O3/c1-23(2)14-15-27-20(16-24(3)4)18-12-8-9-13-19(18)22(26)21(25)17-10-6-5-7-11-17/h5-13,20-21,25H,14-16H2,1-4H3. The van der Waals surface area contributed by atoms with Crippen molar-refractivity contribution in [2.75, 3.05) is 47.9 Å². The van der Waals surface area contributed by atoms with E-state index in [9.17, 15) is 9.90 Å². The van der Waals surface area contributed by atoms with Crippen LogP contribution in [-0.2, 0) is 4.74 Å². The van der Waals surface area contributed by atoms with E-state index < -0.39 is 6.10 Å². The van der Waals surface area contributed by atoms with E-state index in [1.807, 2.05) is 69.5 Å². The van der Waals surface area contributed by atoms with Gasteiger partial charge in [-0.25, -0.2) is 0 Å². The van der Waals surface area contributed by atoms with Crippen molar-refractivity contribution in [1.82, 2.24) is 9.80 Å². The molecule has 0 radical (unpaired) electrons. The van der Waals surface area contributed by atoms with Gasteiger partial charge in [0.15, 0.2) is 5.78 Å². The summed E-state index contributed by atoms with van der Waals surface area (Å²) in [6.07, 6.45) is -1.43. The van der Waals surface area contributed by atoms with Crippen LogP contribution in [0.1, 0.15) is 33.7 Å². The van der Waals surface area contributed by atoms with Crippen molar-refractivity contribution >= 4 is 5.78 Å². The van der Waals surface area contributed by atoms with Gasteiger partial charge < -0.3 is 19.6 Å². The van der Waals surface area contributed by atoms with Crippen LogP contribution in [0.5, 0.6) is 0 Å². The summed E-state index contributed by atoms with van der Waals surface area (Å²) in [5.74, 6) is -0.309. The van der Waals surface area contributed by atoms with Crippen LogP contribution in [0.25, 0.3) is 0 Å². The highest BCUT2D eigenvalue weighted by molar-refractivity contribution is 6.01. The number of nitrogens with zero attached hydrogens (tertiary/aromatic N) is 2. The summed E-state index contributed by atoms with van der Waals surface area (Å²) in [5, 5.41) is 10.6. The van der Waals surface area contributed by atoms with E-state index in [-0.39, 0.29) is 11.9 Å². The third kappa shape index (κ3) is 6.26. The maximum atomic E-state index is 13.0. The molecule has 2 rings (SSSR count). The molecule has 0 aliphatic heterocycles. The molecule has 5 heteroatoms. The van der Waals surface area contributed by atoms with Crippen molar-refractivity contribution in [1.29, 1.82) is 0 Å². The minimum Gasteiger partial charge on any atom is -0.380 e. The van der Waals surface area contributed by atoms with Gasteiger partial charge in [-0.15, -0.1) is 0 Å². The van der Waals surface area contributed by atoms with Crippen molar-refractivity contribution < 1.29 is 14.6 Å². The summed E-state index contributed by atoms with van der Waals surface area (Å²) in [4.78, 5) is 17.1. The number of carbonyl (C=O) groups is 1. The third-order valence-electron chi connectivity index (χ3n) is 4.33. The van der Waals surface area contributed by atoms with Crippen molar-refractivity contribution in [2.24, 2.45) is 0 Å². The number of aliphatic hydroxyl groups excluding tert-OH is 1. The lowest BCUT2D eigenvalue weighted by Crippen LogP contribution is -2.27. The first-order valence-corrected chi connectivity index (χ1v) is 9.17. The lowest BCUT2D eigenvalue weighted by Gasteiger charge is -2.25. The molecule has 0 aliphatic rings. The molecule has 146 valence electrons. The largest absolute Gasteiger partial charge is 0.380 e. The SMILES string of the molecule is CN(C)CCOC(CN(C)C)c1ccccc1C(=O)C(O)c1ccccc1. The second-order valence-electron chi connectivity index (χ2n) is 7.19. The lowest BCUT2D eigenvalue weighted by molar-refractivity contribution is 0.0264. The smallest absolute Gasteiger partial charge is 0.196 e. The highest BCUT2D eigenvalue weighted by Gasteiger charge is 2.25. The molecule has 27 heavy (non-hydrogen) atoms. The maximum absolute atomic E-state index is 13.0. The fourth-order valence-corrected chi connectivity index (χ4v) is 2.89. The Morgan fingerprint density at radius 1 is 0.963 bits per heavy atom. The van der Waals surface area contributed by atoms with Gasteiger partial charge in [0.2, 0.25) is 0 Å². The number of ketones is 1. The molecule has 0 saturated carbocycles. The Balaban J connectivity index is 2.28. The average molecular weight is 370 g/mol. The molecule has 0 bridgehead atoms. The second-order valence-corrected chi connectivity index (χ2v) is 7.19. The van der Waals surface area contributed by atoms with E-state index in [1.54, 1.807) is 18.2 Å². The molecule has 0 aromatic heterocycles. The topological polar surface area (TPSA) is 53.0 Å². The molecule has 5 nitrogen and oxygen atoms in total. The summed E-state index contributed by atoms with van der Waals surface area (Å²) in [6.45, 7) is 2.01. The van der Waals surface area contributed by atoms with Crippen LogP contribution in [0.15, 0.2) is 54.6 Å². The number of rotatable bonds is 10. The lowest BCUT2D eigenvalue weighted by atomic mass is 9.93. The molecule has 0 amide bonds. The van der Waals surface area contributed by atoms with Gasteiger partial charge in [-0.1, -0.05) is 54.6 Å². The number of benzene rings is 2. The molecule has 2 unspecified atom stereocenters. The summed E-state index contributed by atoms with van der Waals surface area (Å²) < 4.78 is 6.11. The molecule has 2 aromatic rings. The molecular formula is C22H30N2O3. The van der Waals surface area contributed by atoms with Gasteiger partial charge >= 0.3 is 0 Å². The number of carbonyl (C=O) groups excluding carboxylic acids is 1. The van der Waals surface area contributed by atoms with Crippen LogP contribution in [0.3, 0.4) is 0 Å². The second kappa shape index (κ2) is 10.3. The van der Waals surface area contributed by atoms with Gasteiger partial charge in [0.05, 0.1) is 12.7 Å². The van der Waals surface area contributed by atoms with Crippen molar-refractivity contribution in [3.05, 3.63) is 71.3 Å². The van der Waals surface area contributed by atoms with Gasteiger partial charge in [0.25, 0.3) is 0 Å².